The van der Waals surface area contributed by atoms with Gasteiger partial charge in [0.15, 0.2) is 0 Å². The minimum absolute atomic E-state index is 0.108. The Morgan fingerprint density at radius 2 is 1.15 bits per heavy atom. The molecular weight excluding hydrogens is 668 g/mol. The molecule has 10 heteroatoms. The minimum atomic E-state index is -0.618. The first-order chi connectivity index (χ1) is 25.4. The molecule has 53 heavy (non-hydrogen) atoms. The largest absolute Gasteiger partial charge is 0.508 e. The summed E-state index contributed by atoms with van der Waals surface area (Å²) in [6, 6.07) is 32.6. The number of phenols is 1. The van der Waals surface area contributed by atoms with Crippen LogP contribution in [-0.4, -0.2) is 54.4 Å². The van der Waals surface area contributed by atoms with E-state index in [2.05, 4.69) is 21.3 Å². The highest BCUT2D eigenvalue weighted by Gasteiger charge is 2.27. The Bertz CT molecular complexity index is 1730. The Kier molecular flexibility index (Phi) is 15.3. The summed E-state index contributed by atoms with van der Waals surface area (Å²) in [4.78, 5) is 39.7. The van der Waals surface area contributed by atoms with Crippen LogP contribution in [0.5, 0.6) is 5.75 Å². The Labute approximate surface area is 313 Å². The van der Waals surface area contributed by atoms with Crippen LogP contribution in [0.1, 0.15) is 62.4 Å². The summed E-state index contributed by atoms with van der Waals surface area (Å²) in [6.45, 7) is 10.7. The van der Waals surface area contributed by atoms with E-state index in [9.17, 15) is 19.5 Å². The first-order valence-electron chi connectivity index (χ1n) is 18.2. The highest BCUT2D eigenvalue weighted by Crippen LogP contribution is 2.31. The Hall–Kier alpha value is -5.35. The average molecular weight is 723 g/mol. The van der Waals surface area contributed by atoms with Gasteiger partial charge >= 0.3 is 12.2 Å². The number of aromatic hydroxyl groups is 1. The molecule has 4 rings (SSSR count). The molecule has 0 aliphatic heterocycles. The molecule has 4 aromatic rings. The lowest BCUT2D eigenvalue weighted by molar-refractivity contribution is -0.124. The molecule has 0 spiro atoms. The molecule has 0 aliphatic rings. The van der Waals surface area contributed by atoms with Crippen LogP contribution in [0.15, 0.2) is 109 Å². The molecule has 4 aromatic carbocycles. The van der Waals surface area contributed by atoms with E-state index in [4.69, 9.17) is 9.47 Å². The molecule has 0 aliphatic carbocycles. The summed E-state index contributed by atoms with van der Waals surface area (Å²) in [5.74, 6) is -0.149. The molecule has 0 bridgehead atoms. The average Bonchev–Trinajstić information content (AvgIpc) is 3.13. The summed E-state index contributed by atoms with van der Waals surface area (Å²) in [7, 11) is 0. The standard InChI is InChI=1S/C43H54N4O6/c1-30(2)39(44-26-36(23-31-15-9-6-10-16-31)47-42(51)53-29-33-19-13-8-14-20-33)40(49)46-35(24-34-21-22-38(48)37(25-34)43(3,4)5)27-45-41(50)52-28-32-17-11-7-12-18-32/h6-22,25,30,35-36,39,44,48H,23-24,26-29H2,1-5H3,(H,45,50)(H,46,49)(H,47,51). The van der Waals surface area contributed by atoms with Crippen molar-refractivity contribution in [3.8, 4) is 5.75 Å². The van der Waals surface area contributed by atoms with Crippen molar-refractivity contribution < 1.29 is 29.0 Å². The van der Waals surface area contributed by atoms with Crippen LogP contribution < -0.4 is 21.3 Å². The second-order valence-corrected chi connectivity index (χ2v) is 14.7. The summed E-state index contributed by atoms with van der Waals surface area (Å²) in [5, 5.41) is 22.9. The molecular formula is C43H54N4O6. The van der Waals surface area contributed by atoms with Gasteiger partial charge in [-0.05, 0) is 58.1 Å². The van der Waals surface area contributed by atoms with E-state index in [1.807, 2.05) is 138 Å². The zero-order valence-corrected chi connectivity index (χ0v) is 31.4. The second-order valence-electron chi connectivity index (χ2n) is 14.7. The monoisotopic (exact) mass is 722 g/mol. The molecule has 0 heterocycles. The van der Waals surface area contributed by atoms with Crippen LogP contribution in [0.4, 0.5) is 9.59 Å². The fraction of sp³-hybridized carbons (Fsp3) is 0.372. The summed E-state index contributed by atoms with van der Waals surface area (Å²) in [5.41, 5.74) is 4.16. The maximum atomic E-state index is 14.0. The zero-order valence-electron chi connectivity index (χ0n) is 31.4. The van der Waals surface area contributed by atoms with Crippen LogP contribution in [0.2, 0.25) is 0 Å². The van der Waals surface area contributed by atoms with Crippen molar-refractivity contribution >= 4 is 18.1 Å². The Balaban J connectivity index is 1.45. The zero-order chi connectivity index (χ0) is 38.2. The second kappa shape index (κ2) is 20.0. The molecule has 3 amide bonds. The molecule has 0 saturated heterocycles. The van der Waals surface area contributed by atoms with Gasteiger partial charge in [-0.15, -0.1) is 0 Å². The molecule has 3 unspecified atom stereocenters. The highest BCUT2D eigenvalue weighted by atomic mass is 16.6. The van der Waals surface area contributed by atoms with Gasteiger partial charge in [-0.2, -0.15) is 0 Å². The third kappa shape index (κ3) is 14.0. The van der Waals surface area contributed by atoms with Gasteiger partial charge in [0, 0.05) is 19.1 Å². The number of carbonyl (C=O) groups excluding carboxylic acids is 3. The number of benzene rings is 4. The third-order valence-corrected chi connectivity index (χ3v) is 8.80. The van der Waals surface area contributed by atoms with E-state index < -0.39 is 24.3 Å². The Morgan fingerprint density at radius 1 is 0.642 bits per heavy atom. The number of hydrogen-bond acceptors (Lipinski definition) is 7. The summed E-state index contributed by atoms with van der Waals surface area (Å²) >= 11 is 0. The van der Waals surface area contributed by atoms with Gasteiger partial charge in [-0.1, -0.05) is 138 Å². The number of ether oxygens (including phenoxy) is 2. The number of nitrogens with one attached hydrogen (secondary N) is 4. The van der Waals surface area contributed by atoms with Gasteiger partial charge in [0.2, 0.25) is 5.91 Å². The number of carbonyl (C=O) groups is 3. The fourth-order valence-electron chi connectivity index (χ4n) is 5.95. The van der Waals surface area contributed by atoms with Gasteiger partial charge in [0.05, 0.1) is 12.1 Å². The van der Waals surface area contributed by atoms with Crippen LogP contribution >= 0.6 is 0 Å². The smallest absolute Gasteiger partial charge is 0.407 e. The van der Waals surface area contributed by atoms with Crippen LogP contribution in [0.25, 0.3) is 0 Å². The Morgan fingerprint density at radius 3 is 1.70 bits per heavy atom. The number of alkyl carbamates (subject to hydrolysis) is 2. The molecule has 10 nitrogen and oxygen atoms in total. The first kappa shape index (κ1) is 40.4. The number of phenolic OH excluding ortho intramolecular Hbond substituents is 1. The van der Waals surface area contributed by atoms with E-state index >= 15 is 0 Å². The quantitative estimate of drug-likeness (QED) is 0.0809. The van der Waals surface area contributed by atoms with Crippen LogP contribution in [-0.2, 0) is 45.7 Å². The lowest BCUT2D eigenvalue weighted by atomic mass is 9.84. The van der Waals surface area contributed by atoms with Crippen molar-refractivity contribution in [2.24, 2.45) is 5.92 Å². The SMILES string of the molecule is CC(C)C(NCC(Cc1ccccc1)NC(=O)OCc1ccccc1)C(=O)NC(CNC(=O)OCc1ccccc1)Cc1ccc(O)c(C(C)(C)C)c1. The molecule has 5 N–H and O–H groups in total. The first-order valence-corrected chi connectivity index (χ1v) is 18.2. The molecule has 0 saturated carbocycles. The van der Waals surface area contributed by atoms with E-state index in [-0.39, 0.29) is 48.8 Å². The number of amides is 3. The van der Waals surface area contributed by atoms with Crippen LogP contribution in [0.3, 0.4) is 0 Å². The van der Waals surface area contributed by atoms with Gasteiger partial charge in [0.1, 0.15) is 19.0 Å². The lowest BCUT2D eigenvalue weighted by Crippen LogP contribution is -2.56. The topological polar surface area (TPSA) is 138 Å². The van der Waals surface area contributed by atoms with E-state index in [0.717, 1.165) is 27.8 Å². The highest BCUT2D eigenvalue weighted by molar-refractivity contribution is 5.82. The predicted octanol–water partition coefficient (Wildman–Crippen LogP) is 6.80. The van der Waals surface area contributed by atoms with Crippen LogP contribution in [0, 0.1) is 5.92 Å². The van der Waals surface area contributed by atoms with E-state index in [1.165, 1.54) is 0 Å². The number of rotatable bonds is 17. The predicted molar refractivity (Wildman–Crippen MR) is 207 cm³/mol. The summed E-state index contributed by atoms with van der Waals surface area (Å²) < 4.78 is 10.9. The molecule has 282 valence electrons. The van der Waals surface area contributed by atoms with Gasteiger partial charge in [-0.3, -0.25) is 4.79 Å². The van der Waals surface area contributed by atoms with E-state index in [0.29, 0.717) is 19.4 Å². The maximum Gasteiger partial charge on any atom is 0.407 e. The van der Waals surface area contributed by atoms with Gasteiger partial charge < -0.3 is 35.8 Å². The van der Waals surface area contributed by atoms with Crippen molar-refractivity contribution in [2.45, 2.75) is 84.2 Å². The number of hydrogen-bond donors (Lipinski definition) is 5. The van der Waals surface area contributed by atoms with E-state index in [1.54, 1.807) is 6.07 Å². The summed E-state index contributed by atoms with van der Waals surface area (Å²) in [6.07, 6.45) is -0.225. The maximum absolute atomic E-state index is 14.0. The molecule has 0 radical (unpaired) electrons. The molecule has 0 fully saturated rings. The minimum Gasteiger partial charge on any atom is -0.508 e. The third-order valence-electron chi connectivity index (χ3n) is 8.80. The molecule has 0 aromatic heterocycles. The van der Waals surface area contributed by atoms with Crippen molar-refractivity contribution in [3.63, 3.8) is 0 Å². The van der Waals surface area contributed by atoms with Crippen molar-refractivity contribution in [2.75, 3.05) is 13.1 Å². The van der Waals surface area contributed by atoms with Gasteiger partial charge in [-0.25, -0.2) is 9.59 Å². The molecule has 3 atom stereocenters. The normalized spacial score (nSPS) is 13.0. The lowest BCUT2D eigenvalue weighted by Gasteiger charge is -2.28. The van der Waals surface area contributed by atoms with Crippen molar-refractivity contribution in [1.82, 2.24) is 21.3 Å². The van der Waals surface area contributed by atoms with Gasteiger partial charge in [0.25, 0.3) is 0 Å². The fourth-order valence-corrected chi connectivity index (χ4v) is 5.95. The van der Waals surface area contributed by atoms with Crippen molar-refractivity contribution in [1.29, 1.82) is 0 Å². The van der Waals surface area contributed by atoms with Crippen molar-refractivity contribution in [3.05, 3.63) is 137 Å².